The molecular weight excluding hydrogens is 198 g/mol. The minimum absolute atomic E-state index is 0.382. The van der Waals surface area contributed by atoms with Gasteiger partial charge in [0.05, 0.1) is 29.0 Å². The van der Waals surface area contributed by atoms with E-state index in [0.717, 1.165) is 35.6 Å². The molecule has 1 aliphatic heterocycles. The number of fused-ring (bicyclic) bond motifs is 1. The van der Waals surface area contributed by atoms with Gasteiger partial charge in [0.1, 0.15) is 0 Å². The van der Waals surface area contributed by atoms with E-state index in [1.54, 1.807) is 0 Å². The summed E-state index contributed by atoms with van der Waals surface area (Å²) in [5.41, 5.74) is 3.03. The number of hydrogen-bond donors (Lipinski definition) is 1. The van der Waals surface area contributed by atoms with Crippen molar-refractivity contribution in [2.24, 2.45) is 5.92 Å². The number of para-hydroxylation sites is 2. The Hall–Kier alpha value is -1.48. The van der Waals surface area contributed by atoms with E-state index in [9.17, 15) is 0 Å². The van der Waals surface area contributed by atoms with Crippen LogP contribution in [0, 0.1) is 5.92 Å². The van der Waals surface area contributed by atoms with Crippen molar-refractivity contribution in [3.8, 4) is 0 Å². The Morgan fingerprint density at radius 3 is 2.81 bits per heavy atom. The van der Waals surface area contributed by atoms with Crippen LogP contribution in [-0.2, 0) is 0 Å². The zero-order chi connectivity index (χ0) is 11.0. The summed E-state index contributed by atoms with van der Waals surface area (Å²) in [6, 6.07) is 8.39. The summed E-state index contributed by atoms with van der Waals surface area (Å²) in [7, 11) is 0. The molecule has 3 nitrogen and oxygen atoms in total. The van der Waals surface area contributed by atoms with E-state index in [1.165, 1.54) is 0 Å². The average Bonchev–Trinajstić information content (AvgIpc) is 2.75. The van der Waals surface area contributed by atoms with Gasteiger partial charge >= 0.3 is 0 Å². The Balaban J connectivity index is 1.99. The van der Waals surface area contributed by atoms with Gasteiger partial charge in [0, 0.05) is 0 Å². The van der Waals surface area contributed by atoms with Gasteiger partial charge in [-0.2, -0.15) is 0 Å². The van der Waals surface area contributed by atoms with Crippen LogP contribution in [0.5, 0.6) is 0 Å². The van der Waals surface area contributed by atoms with Crippen molar-refractivity contribution < 1.29 is 0 Å². The summed E-state index contributed by atoms with van der Waals surface area (Å²) < 4.78 is 0. The van der Waals surface area contributed by atoms with Gasteiger partial charge < -0.3 is 5.32 Å². The molecule has 2 heterocycles. The first-order valence-corrected chi connectivity index (χ1v) is 5.78. The molecule has 3 rings (SSSR count). The van der Waals surface area contributed by atoms with Crippen LogP contribution in [0.3, 0.4) is 0 Å². The van der Waals surface area contributed by atoms with Gasteiger partial charge in [0.2, 0.25) is 0 Å². The lowest BCUT2D eigenvalue weighted by atomic mass is 10.1. The van der Waals surface area contributed by atoms with Gasteiger partial charge in [0.25, 0.3) is 0 Å². The Morgan fingerprint density at radius 1 is 1.25 bits per heavy atom. The first-order valence-electron chi connectivity index (χ1n) is 5.78. The summed E-state index contributed by atoms with van der Waals surface area (Å²) in [4.78, 5) is 9.11. The fourth-order valence-corrected chi connectivity index (χ4v) is 2.28. The van der Waals surface area contributed by atoms with Crippen LogP contribution >= 0.6 is 0 Å². The van der Waals surface area contributed by atoms with Gasteiger partial charge in [-0.05, 0) is 31.0 Å². The molecule has 1 saturated heterocycles. The lowest BCUT2D eigenvalue weighted by Gasteiger charge is -2.09. The highest BCUT2D eigenvalue weighted by Gasteiger charge is 2.23. The predicted octanol–water partition coefficient (Wildman–Crippen LogP) is 2.30. The second-order valence-electron chi connectivity index (χ2n) is 4.59. The SMILES string of the molecule is C[C@H]1CN[C@H](c2cnc3ccccc3n2)C1. The topological polar surface area (TPSA) is 37.8 Å². The second-order valence-corrected chi connectivity index (χ2v) is 4.59. The summed E-state index contributed by atoms with van der Waals surface area (Å²) in [5.74, 6) is 0.735. The lowest BCUT2D eigenvalue weighted by molar-refractivity contribution is 0.599. The molecule has 1 N–H and O–H groups in total. The van der Waals surface area contributed by atoms with Gasteiger partial charge in [-0.15, -0.1) is 0 Å². The molecule has 16 heavy (non-hydrogen) atoms. The Morgan fingerprint density at radius 2 is 2.06 bits per heavy atom. The third-order valence-corrected chi connectivity index (χ3v) is 3.17. The van der Waals surface area contributed by atoms with Gasteiger partial charge in [-0.3, -0.25) is 4.98 Å². The molecule has 2 aromatic rings. The molecule has 0 radical (unpaired) electrons. The molecule has 1 aromatic heterocycles. The van der Waals surface area contributed by atoms with E-state index in [0.29, 0.717) is 6.04 Å². The molecule has 0 unspecified atom stereocenters. The molecule has 0 saturated carbocycles. The maximum Gasteiger partial charge on any atom is 0.0890 e. The molecule has 2 atom stereocenters. The van der Waals surface area contributed by atoms with Gasteiger partial charge in [0.15, 0.2) is 0 Å². The summed E-state index contributed by atoms with van der Waals surface area (Å²) in [5, 5.41) is 3.48. The van der Waals surface area contributed by atoms with E-state index in [1.807, 2.05) is 30.5 Å². The molecule has 1 fully saturated rings. The van der Waals surface area contributed by atoms with Crippen LogP contribution in [0.15, 0.2) is 30.5 Å². The third-order valence-electron chi connectivity index (χ3n) is 3.17. The first-order chi connectivity index (χ1) is 7.83. The fraction of sp³-hybridized carbons (Fsp3) is 0.385. The normalized spacial score (nSPS) is 25.1. The van der Waals surface area contributed by atoms with E-state index < -0.39 is 0 Å². The zero-order valence-electron chi connectivity index (χ0n) is 9.35. The number of nitrogens with one attached hydrogen (secondary N) is 1. The third kappa shape index (κ3) is 1.67. The molecular formula is C13H15N3. The molecule has 0 spiro atoms. The summed E-state index contributed by atoms with van der Waals surface area (Å²) in [6.07, 6.45) is 3.06. The van der Waals surface area contributed by atoms with Crippen LogP contribution in [0.25, 0.3) is 11.0 Å². The van der Waals surface area contributed by atoms with Crippen LogP contribution in [0.1, 0.15) is 25.1 Å². The molecule has 1 aromatic carbocycles. The Bertz CT molecular complexity index is 509. The minimum atomic E-state index is 0.382. The fourth-order valence-electron chi connectivity index (χ4n) is 2.28. The van der Waals surface area contributed by atoms with Crippen molar-refractivity contribution in [3.63, 3.8) is 0 Å². The van der Waals surface area contributed by atoms with Crippen molar-refractivity contribution in [2.75, 3.05) is 6.54 Å². The van der Waals surface area contributed by atoms with Crippen LogP contribution in [-0.4, -0.2) is 16.5 Å². The number of hydrogen-bond acceptors (Lipinski definition) is 3. The maximum absolute atomic E-state index is 4.67. The molecule has 0 aliphatic carbocycles. The van der Waals surface area contributed by atoms with E-state index in [-0.39, 0.29) is 0 Å². The van der Waals surface area contributed by atoms with Crippen LogP contribution in [0.4, 0.5) is 0 Å². The smallest absolute Gasteiger partial charge is 0.0890 e. The molecule has 0 bridgehead atoms. The van der Waals surface area contributed by atoms with E-state index in [2.05, 4.69) is 22.2 Å². The number of rotatable bonds is 1. The van der Waals surface area contributed by atoms with Crippen molar-refractivity contribution in [1.82, 2.24) is 15.3 Å². The average molecular weight is 213 g/mol. The van der Waals surface area contributed by atoms with Crippen molar-refractivity contribution >= 4 is 11.0 Å². The van der Waals surface area contributed by atoms with Crippen molar-refractivity contribution in [3.05, 3.63) is 36.2 Å². The summed E-state index contributed by atoms with van der Waals surface area (Å²) in [6.45, 7) is 3.35. The predicted molar refractivity (Wildman–Crippen MR) is 64.1 cm³/mol. The van der Waals surface area contributed by atoms with Gasteiger partial charge in [-0.25, -0.2) is 4.98 Å². The highest BCUT2D eigenvalue weighted by molar-refractivity contribution is 5.73. The summed E-state index contributed by atoms with van der Waals surface area (Å²) >= 11 is 0. The molecule has 3 heteroatoms. The standard InChI is InChI=1S/C13H15N3/c1-9-6-12(14-7-9)13-8-15-10-4-2-3-5-11(10)16-13/h2-5,8-9,12,14H,6-7H2,1H3/t9-,12+/m1/s1. The quantitative estimate of drug-likeness (QED) is 0.789. The van der Waals surface area contributed by atoms with E-state index in [4.69, 9.17) is 0 Å². The van der Waals surface area contributed by atoms with Crippen molar-refractivity contribution in [2.45, 2.75) is 19.4 Å². The zero-order valence-corrected chi connectivity index (χ0v) is 9.35. The number of aromatic nitrogens is 2. The van der Waals surface area contributed by atoms with Crippen LogP contribution < -0.4 is 5.32 Å². The van der Waals surface area contributed by atoms with Gasteiger partial charge in [-0.1, -0.05) is 19.1 Å². The molecule has 0 amide bonds. The maximum atomic E-state index is 4.67. The monoisotopic (exact) mass is 213 g/mol. The van der Waals surface area contributed by atoms with E-state index >= 15 is 0 Å². The molecule has 1 aliphatic rings. The highest BCUT2D eigenvalue weighted by Crippen LogP contribution is 2.25. The lowest BCUT2D eigenvalue weighted by Crippen LogP contribution is -2.14. The molecule has 82 valence electrons. The largest absolute Gasteiger partial charge is 0.308 e. The first kappa shape index (κ1) is 9.73. The Kier molecular flexibility index (Phi) is 2.33. The Labute approximate surface area is 94.9 Å². The van der Waals surface area contributed by atoms with Crippen LogP contribution in [0.2, 0.25) is 0 Å². The van der Waals surface area contributed by atoms with Crippen molar-refractivity contribution in [1.29, 1.82) is 0 Å². The number of benzene rings is 1. The minimum Gasteiger partial charge on any atom is -0.308 e. The number of nitrogens with zero attached hydrogens (tertiary/aromatic N) is 2. The highest BCUT2D eigenvalue weighted by atomic mass is 15.0. The second kappa shape index (κ2) is 3.83.